The Bertz CT molecular complexity index is 661. The number of rotatable bonds is 5. The number of aromatic nitrogens is 1. The molecule has 2 amide bonds. The van der Waals surface area contributed by atoms with Crippen LogP contribution in [0.1, 0.15) is 38.1 Å². The first-order chi connectivity index (χ1) is 11.3. The molecule has 7 nitrogen and oxygen atoms in total. The Morgan fingerprint density at radius 2 is 1.96 bits per heavy atom. The molecule has 1 heterocycles. The van der Waals surface area contributed by atoms with Gasteiger partial charge in [0.1, 0.15) is 5.82 Å². The van der Waals surface area contributed by atoms with Gasteiger partial charge in [0.15, 0.2) is 8.32 Å². The molecule has 1 aromatic heterocycles. The van der Waals surface area contributed by atoms with Crippen LogP contribution in [0.3, 0.4) is 0 Å². The zero-order chi connectivity index (χ0) is 19.6. The number of halogens is 1. The summed E-state index contributed by atoms with van der Waals surface area (Å²) in [5, 5.41) is 0.615. The van der Waals surface area contributed by atoms with E-state index in [1.807, 2.05) is 0 Å². The molecule has 0 radical (unpaired) electrons. The Labute approximate surface area is 158 Å². The summed E-state index contributed by atoms with van der Waals surface area (Å²) in [5.41, 5.74) is 5.77. The molecule has 1 rings (SSSR count). The van der Waals surface area contributed by atoms with Crippen molar-refractivity contribution in [2.45, 2.75) is 45.8 Å². The van der Waals surface area contributed by atoms with Gasteiger partial charge in [0.25, 0.3) is 5.91 Å². The molecule has 0 spiro atoms. The third kappa shape index (κ3) is 5.34. The molecule has 140 valence electrons. The van der Waals surface area contributed by atoms with Crippen LogP contribution in [0, 0.1) is 5.92 Å². The molecule has 0 saturated carbocycles. The van der Waals surface area contributed by atoms with Crippen molar-refractivity contribution in [3.05, 3.63) is 22.3 Å². The highest BCUT2D eigenvalue weighted by molar-refractivity contribution is 9.10. The van der Waals surface area contributed by atoms with Crippen molar-refractivity contribution in [3.63, 3.8) is 0 Å². The predicted octanol–water partition coefficient (Wildman–Crippen LogP) is 2.93. The molecule has 0 aliphatic carbocycles. The molecule has 9 heteroatoms. The fraction of sp³-hybridized carbons (Fsp3) is 0.562. The third-order valence-corrected chi connectivity index (χ3v) is 9.43. The van der Waals surface area contributed by atoms with Crippen molar-refractivity contribution >= 4 is 41.9 Å². The molecule has 0 fully saturated rings. The lowest BCUT2D eigenvalue weighted by molar-refractivity contribution is -0.133. The molecule has 0 unspecified atom stereocenters. The van der Waals surface area contributed by atoms with Gasteiger partial charge < -0.3 is 10.2 Å². The number of carbonyl (C=O) groups excluding carboxylic acids is 2. The highest BCUT2D eigenvalue weighted by atomic mass is 79.9. The summed E-state index contributed by atoms with van der Waals surface area (Å²) in [4.78, 5) is 28.8. The number of hydrogen-bond donors (Lipinski definition) is 2. The fourth-order valence-electron chi connectivity index (χ4n) is 1.71. The summed E-state index contributed by atoms with van der Waals surface area (Å²) in [5.74, 6) is 3.97. The molecule has 0 aromatic carbocycles. The van der Waals surface area contributed by atoms with Crippen molar-refractivity contribution in [2.75, 3.05) is 12.3 Å². The number of pyridine rings is 1. The second-order valence-corrected chi connectivity index (χ2v) is 13.3. The zero-order valence-electron chi connectivity index (χ0n) is 15.6. The largest absolute Gasteiger partial charge is 0.416 e. The van der Waals surface area contributed by atoms with Crippen LogP contribution in [0.5, 0.6) is 0 Å². The van der Waals surface area contributed by atoms with Gasteiger partial charge in [-0.25, -0.2) is 15.8 Å². The van der Waals surface area contributed by atoms with Gasteiger partial charge in [-0.05, 0) is 40.1 Å². The molecule has 1 atom stereocenters. The predicted molar refractivity (Wildman–Crippen MR) is 104 cm³/mol. The van der Waals surface area contributed by atoms with Gasteiger partial charge in [0.05, 0.1) is 11.5 Å². The minimum absolute atomic E-state index is 0.0154. The summed E-state index contributed by atoms with van der Waals surface area (Å²) in [6.07, 6.45) is 1.46. The molecule has 0 bridgehead atoms. The van der Waals surface area contributed by atoms with Crippen molar-refractivity contribution < 1.29 is 14.0 Å². The maximum absolute atomic E-state index is 12.5. The Hall–Kier alpha value is -1.29. The second-order valence-electron chi connectivity index (χ2n) is 7.57. The monoisotopic (exact) mass is 430 g/mol. The van der Waals surface area contributed by atoms with Crippen LogP contribution in [-0.2, 0) is 9.22 Å². The van der Waals surface area contributed by atoms with Gasteiger partial charge in [0.2, 0.25) is 5.91 Å². The quantitative estimate of drug-likeness (QED) is 0.321. The average molecular weight is 431 g/mol. The number of anilines is 1. The minimum Gasteiger partial charge on any atom is -0.416 e. The van der Waals surface area contributed by atoms with Gasteiger partial charge in [-0.3, -0.25) is 9.59 Å². The minimum atomic E-state index is -1.99. The Morgan fingerprint density at radius 1 is 1.40 bits per heavy atom. The van der Waals surface area contributed by atoms with E-state index in [2.05, 4.69) is 54.8 Å². The number of hydrazine groups is 1. The van der Waals surface area contributed by atoms with Crippen LogP contribution in [-0.4, -0.2) is 36.7 Å². The van der Waals surface area contributed by atoms with E-state index >= 15 is 0 Å². The molecular weight excluding hydrogens is 404 g/mol. The molecule has 25 heavy (non-hydrogen) atoms. The highest BCUT2D eigenvalue weighted by Crippen LogP contribution is 2.36. The lowest BCUT2D eigenvalue weighted by Gasteiger charge is -2.37. The van der Waals surface area contributed by atoms with E-state index in [0.717, 1.165) is 0 Å². The van der Waals surface area contributed by atoms with Crippen LogP contribution < -0.4 is 11.6 Å². The normalized spacial score (nSPS) is 13.4. The first-order valence-corrected chi connectivity index (χ1v) is 11.7. The topological polar surface area (TPSA) is 112 Å². The van der Waals surface area contributed by atoms with Crippen molar-refractivity contribution in [1.29, 1.82) is 0 Å². The van der Waals surface area contributed by atoms with Crippen molar-refractivity contribution in [3.8, 4) is 0 Å². The average Bonchev–Trinajstić information content (AvgIpc) is 2.51. The number of carbonyl (C=O) groups is 2. The third-order valence-electron chi connectivity index (χ3n) is 4.49. The van der Waals surface area contributed by atoms with E-state index in [1.165, 1.54) is 12.3 Å². The standard InChI is InChI=1S/C16H27BrN4O3Si/c1-10(9-24-25(5,6)16(2,3)4)14(22)21(19)15(23)12-7-11(17)8-20-13(12)18/h7-8,10H,9,19H2,1-6H3,(H2,18,20)/t10-/m0/s1. The lowest BCUT2D eigenvalue weighted by atomic mass is 10.1. The first-order valence-electron chi connectivity index (χ1n) is 7.96. The Morgan fingerprint density at radius 3 is 2.48 bits per heavy atom. The smallest absolute Gasteiger partial charge is 0.278 e. The van der Waals surface area contributed by atoms with E-state index in [4.69, 9.17) is 16.0 Å². The van der Waals surface area contributed by atoms with Crippen LogP contribution in [0.4, 0.5) is 5.82 Å². The van der Waals surface area contributed by atoms with Crippen LogP contribution in [0.15, 0.2) is 16.7 Å². The summed E-state index contributed by atoms with van der Waals surface area (Å²) in [7, 11) is -1.99. The molecule has 0 aliphatic heterocycles. The van der Waals surface area contributed by atoms with Gasteiger partial charge in [-0.15, -0.1) is 0 Å². The molecule has 0 aliphatic rings. The van der Waals surface area contributed by atoms with Gasteiger partial charge in [-0.1, -0.05) is 27.7 Å². The lowest BCUT2D eigenvalue weighted by Crippen LogP contribution is -2.48. The maximum atomic E-state index is 12.5. The van der Waals surface area contributed by atoms with E-state index in [0.29, 0.717) is 9.48 Å². The fourth-order valence-corrected chi connectivity index (χ4v) is 3.14. The van der Waals surface area contributed by atoms with Gasteiger partial charge in [-0.2, -0.15) is 0 Å². The van der Waals surface area contributed by atoms with Crippen LogP contribution in [0.25, 0.3) is 0 Å². The van der Waals surface area contributed by atoms with Gasteiger partial charge >= 0.3 is 0 Å². The van der Waals surface area contributed by atoms with Gasteiger partial charge in [0, 0.05) is 17.3 Å². The van der Waals surface area contributed by atoms with E-state index < -0.39 is 26.0 Å². The summed E-state index contributed by atoms with van der Waals surface area (Å²) >= 11 is 3.21. The summed E-state index contributed by atoms with van der Waals surface area (Å²) in [6.45, 7) is 12.5. The summed E-state index contributed by atoms with van der Waals surface area (Å²) in [6, 6.07) is 1.48. The number of hydrogen-bond acceptors (Lipinski definition) is 6. The maximum Gasteiger partial charge on any atom is 0.278 e. The SMILES string of the molecule is C[C@@H](CO[Si](C)(C)C(C)(C)C)C(=O)N(N)C(=O)c1cc(Br)cnc1N. The number of nitrogens with two attached hydrogens (primary N) is 2. The van der Waals surface area contributed by atoms with E-state index in [1.54, 1.807) is 6.92 Å². The Balaban J connectivity index is 2.81. The summed E-state index contributed by atoms with van der Waals surface area (Å²) < 4.78 is 6.60. The van der Waals surface area contributed by atoms with E-state index in [-0.39, 0.29) is 23.0 Å². The molecular formula is C16H27BrN4O3Si. The zero-order valence-corrected chi connectivity index (χ0v) is 18.2. The van der Waals surface area contributed by atoms with Crippen molar-refractivity contribution in [2.24, 2.45) is 11.8 Å². The van der Waals surface area contributed by atoms with Crippen LogP contribution >= 0.6 is 15.9 Å². The molecule has 1 aromatic rings. The highest BCUT2D eigenvalue weighted by Gasteiger charge is 2.38. The number of amides is 2. The molecule has 4 N–H and O–H groups in total. The Kier molecular flexibility index (Phi) is 6.91. The van der Waals surface area contributed by atoms with Crippen LogP contribution in [0.2, 0.25) is 18.1 Å². The first kappa shape index (κ1) is 21.7. The van der Waals surface area contributed by atoms with Crippen molar-refractivity contribution in [1.82, 2.24) is 9.99 Å². The number of nitrogens with zero attached hydrogens (tertiary/aromatic N) is 2. The second kappa shape index (κ2) is 7.94. The number of imide groups is 1. The molecule has 0 saturated heterocycles. The number of nitrogen functional groups attached to an aromatic ring is 1. The van der Waals surface area contributed by atoms with E-state index in [9.17, 15) is 9.59 Å².